The van der Waals surface area contributed by atoms with Gasteiger partial charge in [-0.1, -0.05) is 12.1 Å². The third-order valence-corrected chi connectivity index (χ3v) is 4.35. The molecule has 8 heteroatoms. The van der Waals surface area contributed by atoms with Crippen molar-refractivity contribution in [3.63, 3.8) is 0 Å². The number of rotatable bonds is 10. The van der Waals surface area contributed by atoms with Gasteiger partial charge in [0.15, 0.2) is 6.10 Å². The molecule has 0 aliphatic heterocycles. The van der Waals surface area contributed by atoms with Gasteiger partial charge in [-0.25, -0.2) is 9.78 Å². The van der Waals surface area contributed by atoms with Crippen LogP contribution in [0.5, 0.6) is 11.6 Å². The van der Waals surface area contributed by atoms with E-state index in [2.05, 4.69) is 10.3 Å². The summed E-state index contributed by atoms with van der Waals surface area (Å²) in [7, 11) is 3.00. The Morgan fingerprint density at radius 1 is 1.13 bits per heavy atom. The fraction of sp³-hybridized carbons (Fsp3) is 0.409. The van der Waals surface area contributed by atoms with Crippen LogP contribution >= 0.6 is 0 Å². The number of hydrogen-bond donors (Lipinski definition) is 2. The van der Waals surface area contributed by atoms with Crippen molar-refractivity contribution in [2.75, 3.05) is 14.2 Å². The Morgan fingerprint density at radius 2 is 1.87 bits per heavy atom. The highest BCUT2D eigenvalue weighted by Crippen LogP contribution is 2.22. The minimum absolute atomic E-state index is 0.190. The standard InChI is InChI=1S/C22H28N2O6/c1-13(2)30-19(22(26)27)11-15-7-9-18(28-4)16(10-15)12-23-20(25)17-8-6-14(3)24-21(17)29-5/h6-10,13,19H,11-12H2,1-5H3,(H,23,25)(H,26,27). The van der Waals surface area contributed by atoms with Crippen LogP contribution in [-0.4, -0.2) is 48.4 Å². The largest absolute Gasteiger partial charge is 0.496 e. The number of benzene rings is 1. The molecule has 0 saturated heterocycles. The van der Waals surface area contributed by atoms with E-state index < -0.39 is 12.1 Å². The van der Waals surface area contributed by atoms with Crippen molar-refractivity contribution in [2.24, 2.45) is 0 Å². The number of nitrogens with one attached hydrogen (secondary N) is 1. The first-order chi connectivity index (χ1) is 14.2. The average Bonchev–Trinajstić information content (AvgIpc) is 2.71. The van der Waals surface area contributed by atoms with Gasteiger partial charge in [-0.15, -0.1) is 0 Å². The zero-order valence-corrected chi connectivity index (χ0v) is 17.9. The van der Waals surface area contributed by atoms with Crippen molar-refractivity contribution < 1.29 is 28.9 Å². The van der Waals surface area contributed by atoms with E-state index in [1.165, 1.54) is 14.2 Å². The predicted molar refractivity (Wildman–Crippen MR) is 111 cm³/mol. The van der Waals surface area contributed by atoms with E-state index in [0.717, 1.165) is 16.8 Å². The smallest absolute Gasteiger partial charge is 0.333 e. The third-order valence-electron chi connectivity index (χ3n) is 4.35. The summed E-state index contributed by atoms with van der Waals surface area (Å²) in [6.07, 6.45) is -0.960. The topological polar surface area (TPSA) is 107 Å². The van der Waals surface area contributed by atoms with Crippen molar-refractivity contribution in [1.29, 1.82) is 0 Å². The second-order valence-corrected chi connectivity index (χ2v) is 7.05. The number of carboxylic acids is 1. The first kappa shape index (κ1) is 23.2. The Balaban J connectivity index is 2.17. The van der Waals surface area contributed by atoms with E-state index in [9.17, 15) is 14.7 Å². The van der Waals surface area contributed by atoms with E-state index in [0.29, 0.717) is 11.3 Å². The van der Waals surface area contributed by atoms with Gasteiger partial charge >= 0.3 is 5.97 Å². The highest BCUT2D eigenvalue weighted by molar-refractivity contribution is 5.96. The number of amides is 1. The number of carbonyl (C=O) groups is 2. The zero-order chi connectivity index (χ0) is 22.3. The summed E-state index contributed by atoms with van der Waals surface area (Å²) >= 11 is 0. The number of nitrogens with zero attached hydrogens (tertiary/aromatic N) is 1. The maximum absolute atomic E-state index is 12.6. The second-order valence-electron chi connectivity index (χ2n) is 7.05. The molecular formula is C22H28N2O6. The SMILES string of the molecule is COc1ccc(CC(OC(C)C)C(=O)O)cc1CNC(=O)c1ccc(C)nc1OC. The number of carboxylic acid groups (broad SMARTS) is 1. The Bertz CT molecular complexity index is 897. The number of hydrogen-bond acceptors (Lipinski definition) is 6. The van der Waals surface area contributed by atoms with Gasteiger partial charge in [0.25, 0.3) is 5.91 Å². The van der Waals surface area contributed by atoms with Gasteiger partial charge in [0.2, 0.25) is 5.88 Å². The van der Waals surface area contributed by atoms with Crippen molar-refractivity contribution >= 4 is 11.9 Å². The van der Waals surface area contributed by atoms with Crippen LogP contribution in [-0.2, 0) is 22.5 Å². The molecule has 0 fully saturated rings. The van der Waals surface area contributed by atoms with E-state index in [-0.39, 0.29) is 30.9 Å². The molecule has 2 aromatic rings. The van der Waals surface area contributed by atoms with Gasteiger partial charge in [-0.05, 0) is 44.5 Å². The molecule has 1 unspecified atom stereocenters. The van der Waals surface area contributed by atoms with Crippen LogP contribution in [0.15, 0.2) is 30.3 Å². The Morgan fingerprint density at radius 3 is 2.47 bits per heavy atom. The Labute approximate surface area is 176 Å². The minimum Gasteiger partial charge on any atom is -0.496 e. The summed E-state index contributed by atoms with van der Waals surface area (Å²) < 4.78 is 16.1. The van der Waals surface area contributed by atoms with Gasteiger partial charge in [0.05, 0.1) is 20.3 Å². The van der Waals surface area contributed by atoms with Crippen LogP contribution in [0.4, 0.5) is 0 Å². The number of ether oxygens (including phenoxy) is 3. The molecule has 1 heterocycles. The van der Waals surface area contributed by atoms with Crippen LogP contribution in [0.1, 0.15) is 41.0 Å². The van der Waals surface area contributed by atoms with Crippen LogP contribution in [0.2, 0.25) is 0 Å². The normalized spacial score (nSPS) is 11.8. The summed E-state index contributed by atoms with van der Waals surface area (Å²) in [6, 6.07) is 8.74. The third kappa shape index (κ3) is 6.18. The lowest BCUT2D eigenvalue weighted by Crippen LogP contribution is -2.29. The molecule has 2 rings (SSSR count). The molecule has 0 bridgehead atoms. The number of aliphatic carboxylic acids is 1. The molecule has 1 amide bonds. The Hall–Kier alpha value is -3.13. The summed E-state index contributed by atoms with van der Waals surface area (Å²) in [5.74, 6) is -0.514. The zero-order valence-electron chi connectivity index (χ0n) is 17.9. The van der Waals surface area contributed by atoms with Crippen LogP contribution < -0.4 is 14.8 Å². The molecule has 30 heavy (non-hydrogen) atoms. The fourth-order valence-electron chi connectivity index (χ4n) is 2.97. The lowest BCUT2D eigenvalue weighted by atomic mass is 10.0. The molecule has 8 nitrogen and oxygen atoms in total. The molecule has 162 valence electrons. The number of methoxy groups -OCH3 is 2. The number of carbonyl (C=O) groups excluding carboxylic acids is 1. The van der Waals surface area contributed by atoms with Gasteiger partial charge in [-0.2, -0.15) is 0 Å². The summed E-state index contributed by atoms with van der Waals surface area (Å²) in [5, 5.41) is 12.2. The lowest BCUT2D eigenvalue weighted by molar-refractivity contribution is -0.153. The summed E-state index contributed by atoms with van der Waals surface area (Å²) in [5.41, 5.74) is 2.56. The highest BCUT2D eigenvalue weighted by atomic mass is 16.5. The second kappa shape index (κ2) is 10.6. The monoisotopic (exact) mass is 416 g/mol. The van der Waals surface area contributed by atoms with Crippen molar-refractivity contribution in [3.8, 4) is 11.6 Å². The predicted octanol–water partition coefficient (Wildman–Crippen LogP) is 2.76. The average molecular weight is 416 g/mol. The molecular weight excluding hydrogens is 388 g/mol. The number of aromatic nitrogens is 1. The van der Waals surface area contributed by atoms with E-state index in [4.69, 9.17) is 14.2 Å². The highest BCUT2D eigenvalue weighted by Gasteiger charge is 2.21. The maximum atomic E-state index is 12.6. The molecule has 1 aromatic heterocycles. The van der Waals surface area contributed by atoms with Gasteiger partial charge in [0, 0.05) is 24.2 Å². The summed E-state index contributed by atoms with van der Waals surface area (Å²) in [4.78, 5) is 28.3. The maximum Gasteiger partial charge on any atom is 0.333 e. The van der Waals surface area contributed by atoms with Crippen molar-refractivity contribution in [1.82, 2.24) is 10.3 Å². The van der Waals surface area contributed by atoms with E-state index >= 15 is 0 Å². The molecule has 0 aliphatic rings. The molecule has 0 saturated carbocycles. The van der Waals surface area contributed by atoms with Crippen LogP contribution in [0.25, 0.3) is 0 Å². The quantitative estimate of drug-likeness (QED) is 0.613. The van der Waals surface area contributed by atoms with E-state index in [1.807, 2.05) is 13.0 Å². The van der Waals surface area contributed by atoms with Crippen molar-refractivity contribution in [2.45, 2.75) is 45.9 Å². The number of pyridine rings is 1. The van der Waals surface area contributed by atoms with Gasteiger partial charge in [0.1, 0.15) is 11.3 Å². The van der Waals surface area contributed by atoms with E-state index in [1.54, 1.807) is 38.1 Å². The molecule has 1 atom stereocenters. The van der Waals surface area contributed by atoms with Crippen LogP contribution in [0, 0.1) is 6.92 Å². The lowest BCUT2D eigenvalue weighted by Gasteiger charge is -2.18. The molecule has 1 aromatic carbocycles. The van der Waals surface area contributed by atoms with Crippen molar-refractivity contribution in [3.05, 3.63) is 52.7 Å². The van der Waals surface area contributed by atoms with Gasteiger partial charge < -0.3 is 24.6 Å². The minimum atomic E-state index is -1.02. The van der Waals surface area contributed by atoms with Crippen LogP contribution in [0.3, 0.4) is 0 Å². The molecule has 2 N–H and O–H groups in total. The number of aryl methyl sites for hydroxylation is 1. The molecule has 0 radical (unpaired) electrons. The molecule has 0 aliphatic carbocycles. The first-order valence-electron chi connectivity index (χ1n) is 9.59. The Kier molecular flexibility index (Phi) is 8.17. The van der Waals surface area contributed by atoms with Gasteiger partial charge in [-0.3, -0.25) is 4.79 Å². The summed E-state index contributed by atoms with van der Waals surface area (Å²) in [6.45, 7) is 5.59. The molecule has 0 spiro atoms. The first-order valence-corrected chi connectivity index (χ1v) is 9.59. The fourth-order valence-corrected chi connectivity index (χ4v) is 2.97.